The molecule has 0 aliphatic carbocycles. The van der Waals surface area contributed by atoms with Gasteiger partial charge in [-0.1, -0.05) is 12.1 Å². The highest BCUT2D eigenvalue weighted by Crippen LogP contribution is 2.18. The second-order valence-electron chi connectivity index (χ2n) is 2.16. The third kappa shape index (κ3) is 0.888. The van der Waals surface area contributed by atoms with Crippen LogP contribution in [-0.4, -0.2) is 4.98 Å². The molecule has 0 saturated heterocycles. The number of oxazole rings is 1. The molecule has 3 heteroatoms. The third-order valence-electron chi connectivity index (χ3n) is 1.51. The molecule has 55 valence electrons. The predicted molar refractivity (Wildman–Crippen MR) is 38.5 cm³/mol. The predicted octanol–water partition coefficient (Wildman–Crippen LogP) is 2.31. The smallest absolute Gasteiger partial charge is 0.181 e. The highest BCUT2D eigenvalue weighted by Gasteiger charge is 2.03. The summed E-state index contributed by atoms with van der Waals surface area (Å²) in [6, 6.07) is 5.11. The van der Waals surface area contributed by atoms with Crippen molar-refractivity contribution in [3.8, 4) is 0 Å². The fourth-order valence-corrected chi connectivity index (χ4v) is 0.996. The number of nitrogens with zero attached hydrogens (tertiary/aromatic N) is 1. The van der Waals surface area contributed by atoms with Crippen LogP contribution >= 0.6 is 0 Å². The standard InChI is InChI=1S/C8H5FNO/c9-4-6-2-1-3-7-8(6)10-5-11-7/h1-5H. The van der Waals surface area contributed by atoms with Crippen molar-refractivity contribution in [1.82, 2.24) is 4.98 Å². The molecule has 11 heavy (non-hydrogen) atoms. The van der Waals surface area contributed by atoms with Crippen LogP contribution in [0, 0.1) is 6.67 Å². The van der Waals surface area contributed by atoms with E-state index in [1.54, 1.807) is 18.2 Å². The van der Waals surface area contributed by atoms with Crippen molar-refractivity contribution >= 4 is 11.1 Å². The molecule has 0 atom stereocenters. The first-order valence-corrected chi connectivity index (χ1v) is 3.17. The Bertz CT molecular complexity index is 369. The molecule has 1 radical (unpaired) electrons. The molecule has 0 fully saturated rings. The van der Waals surface area contributed by atoms with E-state index in [0.717, 1.165) is 0 Å². The van der Waals surface area contributed by atoms with Crippen molar-refractivity contribution in [2.24, 2.45) is 0 Å². The van der Waals surface area contributed by atoms with Crippen molar-refractivity contribution < 1.29 is 8.81 Å². The van der Waals surface area contributed by atoms with Gasteiger partial charge >= 0.3 is 0 Å². The normalized spacial score (nSPS) is 10.6. The number of hydrogen-bond donors (Lipinski definition) is 0. The first kappa shape index (κ1) is 6.34. The van der Waals surface area contributed by atoms with E-state index in [-0.39, 0.29) is 0 Å². The van der Waals surface area contributed by atoms with Gasteiger partial charge in [-0.2, -0.15) is 0 Å². The second-order valence-corrected chi connectivity index (χ2v) is 2.16. The summed E-state index contributed by atoms with van der Waals surface area (Å²) in [5, 5.41) is 0. The summed E-state index contributed by atoms with van der Waals surface area (Å²) < 4.78 is 17.1. The molecule has 2 aromatic rings. The van der Waals surface area contributed by atoms with Crippen molar-refractivity contribution in [2.75, 3.05) is 0 Å². The zero-order valence-electron chi connectivity index (χ0n) is 5.62. The van der Waals surface area contributed by atoms with Gasteiger partial charge in [0.05, 0.1) is 0 Å². The van der Waals surface area contributed by atoms with Crippen molar-refractivity contribution in [2.45, 2.75) is 0 Å². The van der Waals surface area contributed by atoms with E-state index in [0.29, 0.717) is 23.3 Å². The van der Waals surface area contributed by atoms with E-state index < -0.39 is 0 Å². The van der Waals surface area contributed by atoms with Crippen LogP contribution in [0.1, 0.15) is 5.56 Å². The van der Waals surface area contributed by atoms with Crippen LogP contribution in [-0.2, 0) is 0 Å². The maximum atomic E-state index is 12.1. The summed E-state index contributed by atoms with van der Waals surface area (Å²) >= 11 is 0. The SMILES string of the molecule is F[CH]c1cccc2ocnc12. The minimum Gasteiger partial charge on any atom is -0.443 e. The molecule has 0 amide bonds. The van der Waals surface area contributed by atoms with E-state index in [1.165, 1.54) is 6.39 Å². The molecule has 0 aliphatic rings. The second kappa shape index (κ2) is 2.34. The first-order valence-electron chi connectivity index (χ1n) is 3.17. The summed E-state index contributed by atoms with van der Waals surface area (Å²) in [6.45, 7) is 0.519. The monoisotopic (exact) mass is 150 g/mol. The molecule has 0 saturated carbocycles. The highest BCUT2D eigenvalue weighted by atomic mass is 19.1. The van der Waals surface area contributed by atoms with Gasteiger partial charge in [0.25, 0.3) is 0 Å². The lowest BCUT2D eigenvalue weighted by atomic mass is 10.2. The Labute approximate surface area is 62.7 Å². The Morgan fingerprint density at radius 2 is 2.36 bits per heavy atom. The Morgan fingerprint density at radius 1 is 1.45 bits per heavy atom. The average Bonchev–Trinajstić information content (AvgIpc) is 2.50. The van der Waals surface area contributed by atoms with Gasteiger partial charge in [-0.3, -0.25) is 0 Å². The van der Waals surface area contributed by atoms with Gasteiger partial charge in [0.1, 0.15) is 5.52 Å². The molecule has 0 unspecified atom stereocenters. The van der Waals surface area contributed by atoms with Gasteiger partial charge in [-0.05, 0) is 6.07 Å². The Balaban J connectivity index is 2.79. The van der Waals surface area contributed by atoms with Crippen LogP contribution < -0.4 is 0 Å². The maximum absolute atomic E-state index is 12.1. The minimum absolute atomic E-state index is 0.455. The lowest BCUT2D eigenvalue weighted by Crippen LogP contribution is -1.77. The molecule has 1 aromatic heterocycles. The largest absolute Gasteiger partial charge is 0.443 e. The molecule has 0 N–H and O–H groups in total. The van der Waals surface area contributed by atoms with E-state index in [9.17, 15) is 4.39 Å². The zero-order chi connectivity index (χ0) is 7.68. The molecule has 0 aliphatic heterocycles. The highest BCUT2D eigenvalue weighted by molar-refractivity contribution is 5.77. The summed E-state index contributed by atoms with van der Waals surface area (Å²) in [5.74, 6) is 0. The van der Waals surface area contributed by atoms with Crippen LogP contribution in [0.3, 0.4) is 0 Å². The molecule has 0 spiro atoms. The average molecular weight is 150 g/mol. The molecule has 1 heterocycles. The Morgan fingerprint density at radius 3 is 3.18 bits per heavy atom. The third-order valence-corrected chi connectivity index (χ3v) is 1.51. The molecule has 2 nitrogen and oxygen atoms in total. The van der Waals surface area contributed by atoms with Gasteiger partial charge in [0.2, 0.25) is 0 Å². The number of halogens is 1. The van der Waals surface area contributed by atoms with Crippen LogP contribution in [0.2, 0.25) is 0 Å². The van der Waals surface area contributed by atoms with Crippen LogP contribution in [0.25, 0.3) is 11.1 Å². The van der Waals surface area contributed by atoms with Gasteiger partial charge in [-0.15, -0.1) is 0 Å². The Hall–Kier alpha value is -1.38. The molecular formula is C8H5FNO. The van der Waals surface area contributed by atoms with E-state index in [2.05, 4.69) is 4.98 Å². The van der Waals surface area contributed by atoms with Crippen LogP contribution in [0.5, 0.6) is 0 Å². The summed E-state index contributed by atoms with van der Waals surface area (Å²) in [6.07, 6.45) is 1.30. The van der Waals surface area contributed by atoms with E-state index in [4.69, 9.17) is 4.42 Å². The summed E-state index contributed by atoms with van der Waals surface area (Å²) in [7, 11) is 0. The fraction of sp³-hybridized carbons (Fsp3) is 0. The van der Waals surface area contributed by atoms with Gasteiger partial charge in [-0.25, -0.2) is 9.37 Å². The van der Waals surface area contributed by atoms with Crippen LogP contribution in [0.4, 0.5) is 4.39 Å². The van der Waals surface area contributed by atoms with E-state index in [1.807, 2.05) is 0 Å². The molecule has 0 bridgehead atoms. The van der Waals surface area contributed by atoms with E-state index >= 15 is 0 Å². The van der Waals surface area contributed by atoms with Crippen molar-refractivity contribution in [3.63, 3.8) is 0 Å². The maximum Gasteiger partial charge on any atom is 0.181 e. The lowest BCUT2D eigenvalue weighted by molar-refractivity contribution is 0.602. The van der Waals surface area contributed by atoms with Gasteiger partial charge < -0.3 is 4.42 Å². The number of hydrogen-bond acceptors (Lipinski definition) is 2. The number of para-hydroxylation sites is 1. The zero-order valence-corrected chi connectivity index (χ0v) is 5.62. The quantitative estimate of drug-likeness (QED) is 0.623. The summed E-state index contributed by atoms with van der Waals surface area (Å²) in [4.78, 5) is 3.85. The van der Waals surface area contributed by atoms with Crippen molar-refractivity contribution in [3.05, 3.63) is 36.8 Å². The summed E-state index contributed by atoms with van der Waals surface area (Å²) in [5.41, 5.74) is 1.63. The molecular weight excluding hydrogens is 145 g/mol. The topological polar surface area (TPSA) is 26.0 Å². The van der Waals surface area contributed by atoms with Crippen LogP contribution in [0.15, 0.2) is 29.0 Å². The van der Waals surface area contributed by atoms with Gasteiger partial charge in [0, 0.05) is 5.56 Å². The number of aromatic nitrogens is 1. The number of rotatable bonds is 1. The van der Waals surface area contributed by atoms with Crippen molar-refractivity contribution in [1.29, 1.82) is 0 Å². The molecule has 1 aromatic carbocycles. The minimum atomic E-state index is 0.455. The number of benzene rings is 1. The fourth-order valence-electron chi connectivity index (χ4n) is 0.996. The Kier molecular flexibility index (Phi) is 1.35. The lowest BCUT2D eigenvalue weighted by Gasteiger charge is -1.91. The molecule has 2 rings (SSSR count). The first-order chi connectivity index (χ1) is 5.42. The number of fused-ring (bicyclic) bond motifs is 1. The van der Waals surface area contributed by atoms with Gasteiger partial charge in [0.15, 0.2) is 18.7 Å².